The molecule has 1 atom stereocenters. The number of carbonyl (C=O) groups excluding carboxylic acids is 2. The van der Waals surface area contributed by atoms with Crippen molar-refractivity contribution in [2.45, 2.75) is 39.8 Å². The Hall–Kier alpha value is -3.26. The molecule has 8 heteroatoms. The molecule has 8 nitrogen and oxygen atoms in total. The Labute approximate surface area is 187 Å². The largest absolute Gasteiger partial charge is 0.449 e. The van der Waals surface area contributed by atoms with Crippen LogP contribution in [0.3, 0.4) is 0 Å². The smallest absolute Gasteiger partial charge is 0.339 e. The number of fused-ring (bicyclic) bond motifs is 1. The fraction of sp³-hybridized carbons (Fsp3) is 0.417. The molecule has 0 aliphatic carbocycles. The minimum atomic E-state index is -0.896. The van der Waals surface area contributed by atoms with Crippen molar-refractivity contribution >= 4 is 22.9 Å². The minimum absolute atomic E-state index is 0.0685. The van der Waals surface area contributed by atoms with E-state index in [1.165, 1.54) is 0 Å². The van der Waals surface area contributed by atoms with Gasteiger partial charge in [0.2, 0.25) is 0 Å². The Morgan fingerprint density at radius 1 is 1.09 bits per heavy atom. The SMILES string of the molecule is Cc1ccc(-c2cc(C(=O)OC(C)C(=O)N3CCOCC3)c3cnn(C(C)C)c3n2)cc1. The summed E-state index contributed by atoms with van der Waals surface area (Å²) in [7, 11) is 0. The van der Waals surface area contributed by atoms with E-state index >= 15 is 0 Å². The van der Waals surface area contributed by atoms with Gasteiger partial charge in [0.15, 0.2) is 11.8 Å². The van der Waals surface area contributed by atoms with Crippen molar-refractivity contribution in [1.82, 2.24) is 19.7 Å². The molecule has 1 aromatic carbocycles. The molecule has 168 valence electrons. The van der Waals surface area contributed by atoms with E-state index in [-0.39, 0.29) is 11.9 Å². The average Bonchev–Trinajstić information content (AvgIpc) is 3.23. The van der Waals surface area contributed by atoms with Crippen LogP contribution in [0, 0.1) is 6.92 Å². The number of benzene rings is 1. The molecule has 0 radical (unpaired) electrons. The van der Waals surface area contributed by atoms with Gasteiger partial charge in [-0.05, 0) is 33.8 Å². The monoisotopic (exact) mass is 436 g/mol. The lowest BCUT2D eigenvalue weighted by Gasteiger charge is -2.29. The zero-order valence-electron chi connectivity index (χ0n) is 18.9. The van der Waals surface area contributed by atoms with Gasteiger partial charge in [-0.1, -0.05) is 29.8 Å². The summed E-state index contributed by atoms with van der Waals surface area (Å²) in [5, 5.41) is 5.03. The highest BCUT2D eigenvalue weighted by Crippen LogP contribution is 2.27. The third-order valence-corrected chi connectivity index (χ3v) is 5.58. The second kappa shape index (κ2) is 9.08. The predicted octanol–water partition coefficient (Wildman–Crippen LogP) is 3.39. The Morgan fingerprint density at radius 3 is 2.44 bits per heavy atom. The number of rotatable bonds is 5. The predicted molar refractivity (Wildman–Crippen MR) is 120 cm³/mol. The topological polar surface area (TPSA) is 86.5 Å². The first-order valence-corrected chi connectivity index (χ1v) is 10.9. The molecule has 2 aromatic heterocycles. The normalized spacial score (nSPS) is 15.2. The van der Waals surface area contributed by atoms with E-state index in [1.807, 2.05) is 45.0 Å². The molecule has 0 N–H and O–H groups in total. The number of esters is 1. The second-order valence-electron chi connectivity index (χ2n) is 8.33. The average molecular weight is 437 g/mol. The lowest BCUT2D eigenvalue weighted by molar-refractivity contribution is -0.143. The number of hydrogen-bond acceptors (Lipinski definition) is 6. The summed E-state index contributed by atoms with van der Waals surface area (Å²) in [5.74, 6) is -0.785. The first-order chi connectivity index (χ1) is 15.3. The summed E-state index contributed by atoms with van der Waals surface area (Å²) >= 11 is 0. The molecule has 1 aliphatic heterocycles. The minimum Gasteiger partial charge on any atom is -0.449 e. The lowest BCUT2D eigenvalue weighted by atomic mass is 10.1. The first kappa shape index (κ1) is 22.0. The van der Waals surface area contributed by atoms with Gasteiger partial charge in [0.1, 0.15) is 0 Å². The number of carbonyl (C=O) groups is 2. The zero-order chi connectivity index (χ0) is 22.8. The van der Waals surface area contributed by atoms with E-state index in [1.54, 1.807) is 28.8 Å². The Morgan fingerprint density at radius 2 is 1.78 bits per heavy atom. The Balaban J connectivity index is 1.69. The van der Waals surface area contributed by atoms with E-state index < -0.39 is 12.1 Å². The molecular formula is C24H28N4O4. The maximum absolute atomic E-state index is 13.2. The van der Waals surface area contributed by atoms with Crippen molar-refractivity contribution in [3.63, 3.8) is 0 Å². The molecule has 4 rings (SSSR count). The Kier molecular flexibility index (Phi) is 6.23. The van der Waals surface area contributed by atoms with Gasteiger partial charge < -0.3 is 14.4 Å². The molecule has 0 spiro atoms. The number of aryl methyl sites for hydroxylation is 1. The molecule has 1 fully saturated rings. The van der Waals surface area contributed by atoms with E-state index in [4.69, 9.17) is 14.5 Å². The fourth-order valence-corrected chi connectivity index (χ4v) is 3.75. The van der Waals surface area contributed by atoms with Crippen LogP contribution in [-0.4, -0.2) is 63.9 Å². The number of pyridine rings is 1. The number of aromatic nitrogens is 3. The van der Waals surface area contributed by atoms with Crippen molar-refractivity contribution < 1.29 is 19.1 Å². The maximum atomic E-state index is 13.2. The molecule has 3 aromatic rings. The van der Waals surface area contributed by atoms with E-state index in [9.17, 15) is 9.59 Å². The number of nitrogens with zero attached hydrogens (tertiary/aromatic N) is 4. The van der Waals surface area contributed by atoms with Crippen molar-refractivity contribution in [2.24, 2.45) is 0 Å². The van der Waals surface area contributed by atoms with Gasteiger partial charge in [-0.2, -0.15) is 5.10 Å². The highest BCUT2D eigenvalue weighted by molar-refractivity contribution is 6.04. The van der Waals surface area contributed by atoms with Crippen LogP contribution in [0.25, 0.3) is 22.3 Å². The van der Waals surface area contributed by atoms with Gasteiger partial charge in [0, 0.05) is 24.7 Å². The van der Waals surface area contributed by atoms with Crippen LogP contribution in [0.2, 0.25) is 0 Å². The van der Waals surface area contributed by atoms with Gasteiger partial charge >= 0.3 is 5.97 Å². The van der Waals surface area contributed by atoms with Gasteiger partial charge in [0.05, 0.1) is 36.1 Å². The summed E-state index contributed by atoms with van der Waals surface area (Å²) in [6, 6.07) is 9.73. The van der Waals surface area contributed by atoms with Crippen LogP contribution in [0.15, 0.2) is 36.5 Å². The van der Waals surface area contributed by atoms with Gasteiger partial charge in [-0.25, -0.2) is 14.5 Å². The van der Waals surface area contributed by atoms with E-state index in [0.29, 0.717) is 48.6 Å². The van der Waals surface area contributed by atoms with Crippen molar-refractivity contribution in [2.75, 3.05) is 26.3 Å². The molecule has 1 saturated heterocycles. The summed E-state index contributed by atoms with van der Waals surface area (Å²) < 4.78 is 12.7. The second-order valence-corrected chi connectivity index (χ2v) is 8.33. The van der Waals surface area contributed by atoms with Gasteiger partial charge in [-0.15, -0.1) is 0 Å². The zero-order valence-corrected chi connectivity index (χ0v) is 18.9. The maximum Gasteiger partial charge on any atom is 0.339 e. The molecule has 1 unspecified atom stereocenters. The fourth-order valence-electron chi connectivity index (χ4n) is 3.75. The molecule has 1 amide bonds. The Bertz CT molecular complexity index is 1130. The molecule has 0 saturated carbocycles. The van der Waals surface area contributed by atoms with Crippen LogP contribution in [-0.2, 0) is 14.3 Å². The van der Waals surface area contributed by atoms with Crippen molar-refractivity contribution in [3.8, 4) is 11.3 Å². The van der Waals surface area contributed by atoms with Crippen LogP contribution in [0.1, 0.15) is 42.7 Å². The molecule has 3 heterocycles. The standard InChI is InChI=1S/C24H28N4O4/c1-15(2)28-22-20(14-25-28)19(13-21(26-22)18-7-5-16(3)6-8-18)24(30)32-17(4)23(29)27-9-11-31-12-10-27/h5-8,13-15,17H,9-12H2,1-4H3. The van der Waals surface area contributed by atoms with Gasteiger partial charge in [0.25, 0.3) is 5.91 Å². The van der Waals surface area contributed by atoms with Crippen LogP contribution in [0.5, 0.6) is 0 Å². The molecular weight excluding hydrogens is 408 g/mol. The molecule has 0 bridgehead atoms. The first-order valence-electron chi connectivity index (χ1n) is 10.9. The molecule has 32 heavy (non-hydrogen) atoms. The lowest BCUT2D eigenvalue weighted by Crippen LogP contribution is -2.46. The highest BCUT2D eigenvalue weighted by atomic mass is 16.5. The van der Waals surface area contributed by atoms with Crippen LogP contribution < -0.4 is 0 Å². The number of hydrogen-bond donors (Lipinski definition) is 0. The summed E-state index contributed by atoms with van der Waals surface area (Å²) in [4.78, 5) is 32.4. The van der Waals surface area contributed by atoms with Crippen LogP contribution in [0.4, 0.5) is 0 Å². The van der Waals surface area contributed by atoms with E-state index in [0.717, 1.165) is 11.1 Å². The highest BCUT2D eigenvalue weighted by Gasteiger charge is 2.27. The number of morpholine rings is 1. The van der Waals surface area contributed by atoms with Crippen LogP contribution >= 0.6 is 0 Å². The number of ether oxygens (including phenoxy) is 2. The van der Waals surface area contributed by atoms with Crippen molar-refractivity contribution in [3.05, 3.63) is 47.7 Å². The summed E-state index contributed by atoms with van der Waals surface area (Å²) in [5.41, 5.74) is 3.63. The third-order valence-electron chi connectivity index (χ3n) is 5.58. The third kappa shape index (κ3) is 4.36. The number of amides is 1. The van der Waals surface area contributed by atoms with Gasteiger partial charge in [-0.3, -0.25) is 4.79 Å². The van der Waals surface area contributed by atoms with E-state index in [2.05, 4.69) is 5.10 Å². The quantitative estimate of drug-likeness (QED) is 0.570. The summed E-state index contributed by atoms with van der Waals surface area (Å²) in [6.45, 7) is 9.62. The molecule has 1 aliphatic rings. The summed E-state index contributed by atoms with van der Waals surface area (Å²) in [6.07, 6.45) is 0.735. The van der Waals surface area contributed by atoms with Crippen molar-refractivity contribution in [1.29, 1.82) is 0 Å².